The number of halogens is 5. The average molecular weight is 575 g/mol. The molecule has 1 unspecified atom stereocenters. The summed E-state index contributed by atoms with van der Waals surface area (Å²) in [6, 6.07) is 4.93. The zero-order valence-corrected chi connectivity index (χ0v) is 21.1. The molecule has 2 aliphatic heterocycles. The summed E-state index contributed by atoms with van der Waals surface area (Å²) in [5.74, 6) is -0.561. The van der Waals surface area contributed by atoms with Crippen molar-refractivity contribution >= 4 is 23.1 Å². The van der Waals surface area contributed by atoms with Gasteiger partial charge in [-0.15, -0.1) is 5.10 Å². The van der Waals surface area contributed by atoms with Gasteiger partial charge >= 0.3 is 6.18 Å². The largest absolute Gasteiger partial charge is 0.420 e. The van der Waals surface area contributed by atoms with E-state index in [0.717, 1.165) is 6.07 Å². The van der Waals surface area contributed by atoms with E-state index in [1.807, 2.05) is 0 Å². The van der Waals surface area contributed by atoms with Crippen molar-refractivity contribution in [3.8, 4) is 16.9 Å². The molecule has 0 aliphatic carbocycles. The molecule has 2 N–H and O–H groups in total. The third-order valence-corrected chi connectivity index (χ3v) is 7.39. The third kappa shape index (κ3) is 4.52. The number of carbonyl (C=O) groups is 1. The van der Waals surface area contributed by atoms with E-state index in [1.54, 1.807) is 11.0 Å². The Bertz CT molecular complexity index is 1620. The maximum atomic E-state index is 15.3. The van der Waals surface area contributed by atoms with Crippen LogP contribution in [0.4, 0.5) is 17.6 Å². The number of aromatic nitrogens is 7. The molecule has 40 heavy (non-hydrogen) atoms. The van der Waals surface area contributed by atoms with E-state index in [4.69, 9.17) is 11.6 Å². The number of pyridine rings is 1. The van der Waals surface area contributed by atoms with Crippen LogP contribution in [0, 0.1) is 5.82 Å². The van der Waals surface area contributed by atoms with Crippen LogP contribution in [0.1, 0.15) is 48.5 Å². The standard InChI is InChI=1S/C25H19ClF4N8O2/c26-15-2-4-18(37-11-33-35-36-37)21(22(15)27)13-7-14-1-3-19(38(14)20(39)9-13)24-32-10-17(34-24)12-5-6-31-16(8-12)23(40)25(28,29)30/h2,4-6,8-11,14,19,23,40H,1,3,7H2,(H,32,34)/t14-,19?,23+/m1/s1. The van der Waals surface area contributed by atoms with Gasteiger partial charge in [-0.1, -0.05) is 11.6 Å². The number of alkyl halides is 3. The highest BCUT2D eigenvalue weighted by molar-refractivity contribution is 6.31. The maximum Gasteiger partial charge on any atom is 0.420 e. The highest BCUT2D eigenvalue weighted by Gasteiger charge is 2.43. The number of rotatable bonds is 5. The number of nitrogens with zero attached hydrogens (tertiary/aromatic N) is 7. The first-order valence-electron chi connectivity index (χ1n) is 12.1. The van der Waals surface area contributed by atoms with E-state index in [0.29, 0.717) is 47.6 Å². The van der Waals surface area contributed by atoms with Crippen molar-refractivity contribution in [2.45, 2.75) is 43.6 Å². The molecule has 3 aromatic heterocycles. The summed E-state index contributed by atoms with van der Waals surface area (Å²) in [5.41, 5.74) is 1.16. The molecule has 1 aromatic carbocycles. The molecule has 0 bridgehead atoms. The molecule has 3 atom stereocenters. The van der Waals surface area contributed by atoms with E-state index in [-0.39, 0.29) is 22.5 Å². The van der Waals surface area contributed by atoms with Crippen molar-refractivity contribution in [3.05, 3.63) is 77.0 Å². The predicted molar refractivity (Wildman–Crippen MR) is 132 cm³/mol. The lowest BCUT2D eigenvalue weighted by Gasteiger charge is -2.33. The van der Waals surface area contributed by atoms with Gasteiger partial charge in [-0.2, -0.15) is 17.9 Å². The van der Waals surface area contributed by atoms with Crippen molar-refractivity contribution < 1.29 is 27.5 Å². The molecular weight excluding hydrogens is 556 g/mol. The van der Waals surface area contributed by atoms with Crippen LogP contribution in [-0.4, -0.2) is 63.3 Å². The summed E-state index contributed by atoms with van der Waals surface area (Å²) < 4.78 is 55.4. The van der Waals surface area contributed by atoms with E-state index in [9.17, 15) is 23.1 Å². The molecule has 2 aliphatic rings. The van der Waals surface area contributed by atoms with Gasteiger partial charge in [0.05, 0.1) is 34.3 Å². The Morgan fingerprint density at radius 3 is 2.75 bits per heavy atom. The lowest BCUT2D eigenvalue weighted by molar-refractivity contribution is -0.207. The number of nitrogens with one attached hydrogen (secondary N) is 1. The maximum absolute atomic E-state index is 15.3. The second-order valence-electron chi connectivity index (χ2n) is 9.47. The van der Waals surface area contributed by atoms with Gasteiger partial charge in [-0.25, -0.2) is 9.37 Å². The summed E-state index contributed by atoms with van der Waals surface area (Å²) in [6.07, 6.45) is -0.726. The number of tetrazole rings is 1. The fourth-order valence-corrected chi connectivity index (χ4v) is 5.45. The Hall–Kier alpha value is -4.17. The van der Waals surface area contributed by atoms with Crippen LogP contribution in [-0.2, 0) is 4.79 Å². The molecule has 1 fully saturated rings. The minimum Gasteiger partial charge on any atom is -0.378 e. The molecule has 5 heterocycles. The van der Waals surface area contributed by atoms with Crippen LogP contribution in [0.25, 0.3) is 22.5 Å². The van der Waals surface area contributed by atoms with Gasteiger partial charge in [0.15, 0.2) is 11.9 Å². The Morgan fingerprint density at radius 2 is 2.00 bits per heavy atom. The number of H-pyrrole nitrogens is 1. The first-order chi connectivity index (χ1) is 19.1. The number of amides is 1. The minimum absolute atomic E-state index is 0.1000. The van der Waals surface area contributed by atoms with Crippen LogP contribution < -0.4 is 0 Å². The minimum atomic E-state index is -4.86. The van der Waals surface area contributed by atoms with Gasteiger partial charge in [0, 0.05) is 29.4 Å². The lowest BCUT2D eigenvalue weighted by Crippen LogP contribution is -2.39. The van der Waals surface area contributed by atoms with E-state index < -0.39 is 29.8 Å². The first kappa shape index (κ1) is 26.1. The summed E-state index contributed by atoms with van der Waals surface area (Å²) >= 11 is 6.08. The summed E-state index contributed by atoms with van der Waals surface area (Å²) in [4.78, 5) is 26.2. The van der Waals surface area contributed by atoms with E-state index >= 15 is 4.39 Å². The smallest absolute Gasteiger partial charge is 0.378 e. The Morgan fingerprint density at radius 1 is 1.18 bits per heavy atom. The molecule has 10 nitrogen and oxygen atoms in total. The molecular formula is C25H19ClF4N8O2. The van der Waals surface area contributed by atoms with Gasteiger partial charge in [-0.3, -0.25) is 9.78 Å². The topological polar surface area (TPSA) is 126 Å². The lowest BCUT2D eigenvalue weighted by atomic mass is 9.92. The normalized spacial score (nSPS) is 20.0. The number of hydrogen-bond donors (Lipinski definition) is 2. The SMILES string of the molecule is O=C1C=C(c2c(-n3cnnn3)ccc(Cl)c2F)C[C@H]2CCC(c3ncc(-c4ccnc([C@H](O)C(F)(F)F)c4)[nH]3)N12. The molecule has 6 rings (SSSR count). The highest BCUT2D eigenvalue weighted by Crippen LogP contribution is 2.44. The highest BCUT2D eigenvalue weighted by atomic mass is 35.5. The van der Waals surface area contributed by atoms with E-state index in [1.165, 1.54) is 41.6 Å². The number of fused-ring (bicyclic) bond motifs is 1. The summed E-state index contributed by atoms with van der Waals surface area (Å²) in [5, 5.41) is 20.5. The van der Waals surface area contributed by atoms with Crippen LogP contribution >= 0.6 is 11.6 Å². The quantitative estimate of drug-likeness (QED) is 0.339. The van der Waals surface area contributed by atoms with Crippen LogP contribution in [0.3, 0.4) is 0 Å². The molecule has 206 valence electrons. The van der Waals surface area contributed by atoms with Crippen molar-refractivity contribution in [1.82, 2.24) is 40.1 Å². The zero-order chi connectivity index (χ0) is 28.2. The Balaban J connectivity index is 1.29. The van der Waals surface area contributed by atoms with Gasteiger partial charge in [-0.05, 0) is 59.5 Å². The fourth-order valence-electron chi connectivity index (χ4n) is 5.29. The van der Waals surface area contributed by atoms with Gasteiger partial charge < -0.3 is 15.0 Å². The van der Waals surface area contributed by atoms with Gasteiger partial charge in [0.25, 0.3) is 0 Å². The monoisotopic (exact) mass is 574 g/mol. The number of imidazole rings is 1. The fraction of sp³-hybridized carbons (Fsp3) is 0.280. The molecule has 15 heteroatoms. The van der Waals surface area contributed by atoms with Crippen LogP contribution in [0.2, 0.25) is 5.02 Å². The number of benzene rings is 1. The van der Waals surface area contributed by atoms with Crippen molar-refractivity contribution in [1.29, 1.82) is 0 Å². The number of aliphatic hydroxyl groups is 1. The number of hydrogen-bond acceptors (Lipinski definition) is 7. The van der Waals surface area contributed by atoms with Crippen molar-refractivity contribution in [2.75, 3.05) is 0 Å². The summed E-state index contributed by atoms with van der Waals surface area (Å²) in [6.45, 7) is 0. The second-order valence-corrected chi connectivity index (χ2v) is 9.88. The van der Waals surface area contributed by atoms with E-state index in [2.05, 4.69) is 30.5 Å². The van der Waals surface area contributed by atoms with Crippen LogP contribution in [0.15, 0.2) is 49.1 Å². The van der Waals surface area contributed by atoms with Gasteiger partial charge in [0.1, 0.15) is 12.2 Å². The summed E-state index contributed by atoms with van der Waals surface area (Å²) in [7, 11) is 0. The number of aliphatic hydroxyl groups excluding tert-OH is 1. The number of aromatic amines is 1. The van der Waals surface area contributed by atoms with Crippen molar-refractivity contribution in [3.63, 3.8) is 0 Å². The molecule has 0 radical (unpaired) electrons. The Labute approximate surface area is 228 Å². The Kier molecular flexibility index (Phi) is 6.38. The van der Waals surface area contributed by atoms with Gasteiger partial charge in [0.2, 0.25) is 5.91 Å². The van der Waals surface area contributed by atoms with Crippen LogP contribution in [0.5, 0.6) is 0 Å². The average Bonchev–Trinajstić information content (AvgIpc) is 3.70. The predicted octanol–water partition coefficient (Wildman–Crippen LogP) is 4.36. The molecule has 1 amide bonds. The third-order valence-electron chi connectivity index (χ3n) is 7.09. The second kappa shape index (κ2) is 9.78. The molecule has 0 spiro atoms. The number of carbonyl (C=O) groups excluding carboxylic acids is 1. The molecule has 4 aromatic rings. The molecule has 1 saturated heterocycles. The first-order valence-corrected chi connectivity index (χ1v) is 12.5. The molecule has 0 saturated carbocycles. The van der Waals surface area contributed by atoms with Crippen molar-refractivity contribution in [2.24, 2.45) is 0 Å². The zero-order valence-electron chi connectivity index (χ0n) is 20.3.